The van der Waals surface area contributed by atoms with Crippen LogP contribution in [0.4, 0.5) is 11.4 Å². The number of nitrogens with zero attached hydrogens (tertiary/aromatic N) is 7. The lowest BCUT2D eigenvalue weighted by Crippen LogP contribution is -1.93. The molecule has 0 fully saturated rings. The lowest BCUT2D eigenvalue weighted by molar-refractivity contribution is -0.384. The predicted octanol–water partition coefficient (Wildman–Crippen LogP) is 6.92. The zero-order valence-electron chi connectivity index (χ0n) is 24.2. The number of non-ortho nitro benzene ring substituents is 1. The van der Waals surface area contributed by atoms with Gasteiger partial charge < -0.3 is 5.73 Å². The Morgan fingerprint density at radius 3 is 2.02 bits per heavy atom. The lowest BCUT2D eigenvalue weighted by Gasteiger charge is -2.05. The molecule has 0 amide bonds. The summed E-state index contributed by atoms with van der Waals surface area (Å²) in [6.07, 6.45) is 3.54. The summed E-state index contributed by atoms with van der Waals surface area (Å²) in [5.41, 5.74) is 14.9. The first-order valence-electron chi connectivity index (χ1n) is 13.5. The van der Waals surface area contributed by atoms with Crippen LogP contribution in [0.15, 0.2) is 79.6 Å². The summed E-state index contributed by atoms with van der Waals surface area (Å²) in [4.78, 5) is 19.3. The summed E-state index contributed by atoms with van der Waals surface area (Å²) in [7, 11) is 3.77. The number of hydrogen-bond acceptors (Lipinski definition) is 7. The number of pyridine rings is 2. The first-order chi connectivity index (χ1) is 20.0. The first-order valence-corrected chi connectivity index (χ1v) is 13.5. The van der Waals surface area contributed by atoms with E-state index in [-0.39, 0.29) is 5.69 Å². The molecule has 10 nitrogen and oxygen atoms in total. The summed E-state index contributed by atoms with van der Waals surface area (Å²) in [5, 5.41) is 22.0. The zero-order valence-corrected chi connectivity index (χ0v) is 24.2. The lowest BCUT2D eigenvalue weighted by atomic mass is 10.0. The number of aromatic nitrogens is 6. The molecule has 212 valence electrons. The van der Waals surface area contributed by atoms with Crippen molar-refractivity contribution in [3.8, 4) is 22.5 Å². The molecule has 0 bridgehead atoms. The van der Waals surface area contributed by atoms with Crippen molar-refractivity contribution in [1.29, 1.82) is 0 Å². The van der Waals surface area contributed by atoms with Gasteiger partial charge in [-0.15, -0.1) is 0 Å². The first kappa shape index (κ1) is 28.2. The number of nitrogen functional groups attached to an aromatic ring is 1. The molecule has 0 unspecified atom stereocenters. The summed E-state index contributed by atoms with van der Waals surface area (Å²) in [6, 6.07) is 18.5. The number of rotatable bonds is 5. The highest BCUT2D eigenvalue weighted by molar-refractivity contribution is 5.96. The molecule has 4 aromatic heterocycles. The third-order valence-corrected chi connectivity index (χ3v) is 7.04. The van der Waals surface area contributed by atoms with Gasteiger partial charge in [0.2, 0.25) is 0 Å². The molecule has 0 atom stereocenters. The molecule has 6 rings (SSSR count). The van der Waals surface area contributed by atoms with Gasteiger partial charge in [-0.25, -0.2) is 0 Å². The van der Waals surface area contributed by atoms with Crippen LogP contribution in [-0.4, -0.2) is 34.5 Å². The molecule has 2 N–H and O–H groups in total. The highest BCUT2D eigenvalue weighted by atomic mass is 16.6. The van der Waals surface area contributed by atoms with Gasteiger partial charge in [0, 0.05) is 71.9 Å². The van der Waals surface area contributed by atoms with E-state index >= 15 is 0 Å². The molecular weight excluding hydrogens is 528 g/mol. The van der Waals surface area contributed by atoms with Gasteiger partial charge in [0.05, 0.1) is 21.7 Å². The smallest absolute Gasteiger partial charge is 0.270 e. The van der Waals surface area contributed by atoms with Gasteiger partial charge in [-0.1, -0.05) is 20.4 Å². The van der Waals surface area contributed by atoms with E-state index in [4.69, 9.17) is 5.73 Å². The number of allylic oxidation sites excluding steroid dienone is 1. The maximum Gasteiger partial charge on any atom is 0.270 e. The summed E-state index contributed by atoms with van der Waals surface area (Å²) >= 11 is 0. The van der Waals surface area contributed by atoms with Gasteiger partial charge in [0.25, 0.3) is 5.69 Å². The van der Waals surface area contributed by atoms with Crippen LogP contribution in [0.1, 0.15) is 38.1 Å². The zero-order chi connectivity index (χ0) is 30.1. The minimum atomic E-state index is -0.401. The van der Waals surface area contributed by atoms with Gasteiger partial charge in [0.1, 0.15) is 11.4 Å². The second-order valence-corrected chi connectivity index (χ2v) is 10.5. The molecule has 0 aliphatic carbocycles. The largest absolute Gasteiger partial charge is 0.399 e. The Morgan fingerprint density at radius 1 is 0.857 bits per heavy atom. The third-order valence-electron chi connectivity index (χ3n) is 7.04. The van der Waals surface area contributed by atoms with Crippen molar-refractivity contribution in [3.63, 3.8) is 0 Å². The monoisotopic (exact) mass is 560 g/mol. The van der Waals surface area contributed by atoms with Gasteiger partial charge >= 0.3 is 0 Å². The molecule has 0 radical (unpaired) electrons. The minimum absolute atomic E-state index is 0.0518. The fourth-order valence-electron chi connectivity index (χ4n) is 4.80. The number of hydrogen-bond donors (Lipinski definition) is 1. The van der Waals surface area contributed by atoms with Crippen molar-refractivity contribution in [2.45, 2.75) is 26.7 Å². The number of nitro groups is 1. The van der Waals surface area contributed by atoms with E-state index in [1.807, 2.05) is 68.3 Å². The second kappa shape index (κ2) is 11.2. The van der Waals surface area contributed by atoms with Gasteiger partial charge in [-0.2, -0.15) is 10.2 Å². The van der Waals surface area contributed by atoms with Crippen LogP contribution >= 0.6 is 0 Å². The highest BCUT2D eigenvalue weighted by Gasteiger charge is 2.16. The van der Waals surface area contributed by atoms with Gasteiger partial charge in [0.15, 0.2) is 0 Å². The quantitative estimate of drug-likeness (QED) is 0.138. The Kier molecular flexibility index (Phi) is 7.54. The molecule has 0 spiro atoms. The van der Waals surface area contributed by atoms with Crippen LogP contribution in [0, 0.1) is 10.1 Å². The molecule has 4 heterocycles. The molecule has 0 saturated heterocycles. The fraction of sp³-hybridized carbons (Fsp3) is 0.188. The van der Waals surface area contributed by atoms with Crippen LogP contribution in [0.25, 0.3) is 49.9 Å². The van der Waals surface area contributed by atoms with E-state index in [0.717, 1.165) is 61.3 Å². The van der Waals surface area contributed by atoms with E-state index in [1.165, 1.54) is 6.07 Å². The average Bonchev–Trinajstić information content (AvgIpc) is 3.49. The van der Waals surface area contributed by atoms with Crippen molar-refractivity contribution in [3.05, 3.63) is 101 Å². The van der Waals surface area contributed by atoms with Crippen LogP contribution in [0.5, 0.6) is 0 Å². The van der Waals surface area contributed by atoms with Crippen molar-refractivity contribution >= 4 is 38.8 Å². The van der Waals surface area contributed by atoms with E-state index in [2.05, 4.69) is 46.7 Å². The molecule has 2 aromatic carbocycles. The van der Waals surface area contributed by atoms with Gasteiger partial charge in [-0.05, 0) is 66.9 Å². The summed E-state index contributed by atoms with van der Waals surface area (Å²) in [6.45, 7) is 10.0. The Balaban J connectivity index is 0.000000169. The number of anilines is 1. The minimum Gasteiger partial charge on any atom is -0.399 e. The average molecular weight is 561 g/mol. The number of aryl methyl sites for hydroxylation is 2. The van der Waals surface area contributed by atoms with E-state index < -0.39 is 4.92 Å². The predicted molar refractivity (Wildman–Crippen MR) is 168 cm³/mol. The van der Waals surface area contributed by atoms with Crippen LogP contribution in [-0.2, 0) is 14.1 Å². The van der Waals surface area contributed by atoms with Crippen molar-refractivity contribution in [1.82, 2.24) is 29.5 Å². The molecular formula is C32H32N8O2. The Hall–Kier alpha value is -5.38. The van der Waals surface area contributed by atoms with E-state index in [1.54, 1.807) is 23.0 Å². The third kappa shape index (κ3) is 5.46. The molecule has 0 aliphatic heterocycles. The maximum atomic E-state index is 11.0. The Labute approximate surface area is 243 Å². The second-order valence-electron chi connectivity index (χ2n) is 10.5. The van der Waals surface area contributed by atoms with Crippen molar-refractivity contribution in [2.75, 3.05) is 5.73 Å². The molecule has 0 aliphatic rings. The SMILES string of the molecule is C=C(C)c1cc(-c2nn(C)c3ccc([N+](=O)[O-])cc23)ccn1.CC(C)c1cc(-c2nn(C)c3ccc(N)cc23)ccn1. The number of benzene rings is 2. The molecule has 10 heteroatoms. The molecule has 42 heavy (non-hydrogen) atoms. The fourth-order valence-corrected chi connectivity index (χ4v) is 4.80. The Bertz CT molecular complexity index is 1970. The maximum absolute atomic E-state index is 11.0. The normalized spacial score (nSPS) is 11.1. The van der Waals surface area contributed by atoms with Crippen LogP contribution in [0.2, 0.25) is 0 Å². The van der Waals surface area contributed by atoms with Crippen molar-refractivity contribution in [2.24, 2.45) is 14.1 Å². The van der Waals surface area contributed by atoms with E-state index in [9.17, 15) is 10.1 Å². The molecule has 6 aromatic rings. The van der Waals surface area contributed by atoms with E-state index in [0.29, 0.717) is 11.6 Å². The van der Waals surface area contributed by atoms with Crippen LogP contribution in [0.3, 0.4) is 0 Å². The molecule has 0 saturated carbocycles. The van der Waals surface area contributed by atoms with Crippen LogP contribution < -0.4 is 5.73 Å². The number of fused-ring (bicyclic) bond motifs is 2. The Morgan fingerprint density at radius 2 is 1.43 bits per heavy atom. The van der Waals surface area contributed by atoms with Crippen molar-refractivity contribution < 1.29 is 4.92 Å². The summed E-state index contributed by atoms with van der Waals surface area (Å²) in [5.74, 6) is 0.398. The topological polar surface area (TPSA) is 131 Å². The number of nitrogens with two attached hydrogens (primary N) is 1. The summed E-state index contributed by atoms with van der Waals surface area (Å²) < 4.78 is 3.61. The van der Waals surface area contributed by atoms with Gasteiger partial charge in [-0.3, -0.25) is 29.4 Å². The number of nitro benzene ring substituents is 1. The standard InChI is InChI=1S/C16H14N4O2.C16H18N4/c1-10(2)14-8-11(6-7-17-14)16-13-9-12(20(21)22)4-5-15(13)19(3)18-16;1-10(2)14-8-11(6-7-18-14)16-13-9-12(17)4-5-15(13)20(3)19-16/h4-9H,1H2,2-3H3;4-10H,17H2,1-3H3. The highest BCUT2D eigenvalue weighted by Crippen LogP contribution is 2.32.